The Kier molecular flexibility index (Phi) is 19.2. The summed E-state index contributed by atoms with van der Waals surface area (Å²) in [4.78, 5) is 21.8. The molecule has 31 heteroatoms. The number of ketones is 1. The molecule has 4 aromatic carbocycles. The summed E-state index contributed by atoms with van der Waals surface area (Å²) >= 11 is 5.77. The molecule has 0 aliphatic heterocycles. The molecule has 0 saturated heterocycles. The number of rotatable bonds is 9. The number of hydrogen-bond donors (Lipinski definition) is 3. The number of allylic oxidation sites excluding steroid dienone is 1. The van der Waals surface area contributed by atoms with E-state index in [2.05, 4.69) is 20.1 Å². The van der Waals surface area contributed by atoms with Crippen molar-refractivity contribution < 1.29 is 189 Å². The van der Waals surface area contributed by atoms with Crippen molar-refractivity contribution in [1.82, 2.24) is 9.97 Å². The van der Waals surface area contributed by atoms with Gasteiger partial charge in [0.1, 0.15) is 46.0 Å². The van der Waals surface area contributed by atoms with Gasteiger partial charge in [0, 0.05) is 10.8 Å². The summed E-state index contributed by atoms with van der Waals surface area (Å²) in [6.07, 6.45) is -1.01. The number of aromatic nitrogens is 2. The molecule has 0 radical (unpaired) electrons. The first-order valence-electron chi connectivity index (χ1n) is 15.1. The number of H-pyrrole nitrogens is 1. The molecule has 1 aliphatic carbocycles. The third-order valence-electron chi connectivity index (χ3n) is 7.79. The Bertz CT molecular complexity index is 3300. The molecule has 1 heterocycles. The molecule has 0 spiro atoms. The van der Waals surface area contributed by atoms with E-state index in [1.165, 1.54) is 12.1 Å². The van der Waals surface area contributed by atoms with Crippen LogP contribution < -0.4 is 134 Å². The molecule has 0 atom stereocenters. The Morgan fingerprint density at radius 1 is 0.823 bits per heavy atom. The molecule has 3 N–H and O–H groups in total. The number of hydrazone groups is 1. The maximum Gasteiger partial charge on any atom is 1.00 e. The minimum Gasteiger partial charge on any atom is -0.858 e. The summed E-state index contributed by atoms with van der Waals surface area (Å²) in [7, 11) is -21.8. The van der Waals surface area contributed by atoms with Crippen LogP contribution in [0.25, 0.3) is 16.8 Å². The van der Waals surface area contributed by atoms with Crippen LogP contribution in [0.5, 0.6) is 0 Å². The zero-order valence-corrected chi connectivity index (χ0v) is 43.8. The van der Waals surface area contributed by atoms with Crippen LogP contribution in [0.4, 0.5) is 25.8 Å². The maximum absolute atomic E-state index is 14.0. The molecule has 0 bridgehead atoms. The third-order valence-corrected chi connectivity index (χ3v) is 11.6. The van der Waals surface area contributed by atoms with Gasteiger partial charge in [-0.25, -0.2) is 30.2 Å². The van der Waals surface area contributed by atoms with Gasteiger partial charge in [0.25, 0.3) is 16.2 Å². The Hall–Kier alpha value is -1.84. The largest absolute Gasteiger partial charge is 1.00 e. The summed E-state index contributed by atoms with van der Waals surface area (Å²) in [5, 5.41) is 15.2. The van der Waals surface area contributed by atoms with Crippen LogP contribution in [0, 0.1) is 12.0 Å². The van der Waals surface area contributed by atoms with E-state index in [0.29, 0.717) is 18.2 Å². The number of anilines is 1. The molecule has 1 aliphatic rings. The molecular weight excluding hydrogens is 974 g/mol. The fourth-order valence-electron chi connectivity index (χ4n) is 5.46. The topological polar surface area (TPSA) is 344 Å². The van der Waals surface area contributed by atoms with Crippen molar-refractivity contribution in [1.29, 1.82) is 0 Å². The minimum atomic E-state index is -5.76. The van der Waals surface area contributed by atoms with Gasteiger partial charge in [-0.1, -0.05) is 41.9 Å². The molecule has 5 aromatic rings. The molecule has 0 amide bonds. The number of Topliss-reactive ketones (excluding diaryl/α,β-unsaturated/α-hetero) is 1. The predicted molar refractivity (Wildman–Crippen MR) is 191 cm³/mol. The summed E-state index contributed by atoms with van der Waals surface area (Å²) in [5.41, 5.74) is -3.67. The van der Waals surface area contributed by atoms with Gasteiger partial charge in [-0.05, 0) is 59.5 Å². The van der Waals surface area contributed by atoms with Crippen molar-refractivity contribution in [2.24, 2.45) is 15.1 Å². The van der Waals surface area contributed by atoms with Crippen LogP contribution >= 0.6 is 11.6 Å². The number of carbonyl (C=O) groups is 1. The van der Waals surface area contributed by atoms with Crippen LogP contribution in [0.3, 0.4) is 0 Å². The van der Waals surface area contributed by atoms with Gasteiger partial charge in [0.2, 0.25) is 11.7 Å². The number of fused-ring (bicyclic) bond motifs is 2. The molecule has 6 rings (SSSR count). The van der Waals surface area contributed by atoms with Gasteiger partial charge in [-0.15, -0.1) is 0 Å². The van der Waals surface area contributed by atoms with E-state index >= 15 is 0 Å². The second kappa shape index (κ2) is 21.2. The molecule has 1 aromatic heterocycles. The SMILES string of the molecule is O=C1/C(=N/Nc2ccc3c(S(=O)(=O)[O-])cccc3c2S(=O)(=O)O)C(S(=O)(=O)[O-])=Cc2cc(S(=O)(=O)[O-])cc(N=C([O-])c3cccc(N=c4[nH]c(F)nc(F)c4Cl)c3)c21.[Na+].[Na+].[Na+].[Na+]. The Balaban J connectivity index is 0.00000331. The number of hydrogen-bond acceptors (Lipinski definition) is 18. The molecule has 0 fully saturated rings. The molecule has 302 valence electrons. The fraction of sp³-hybridized carbons (Fsp3) is 0. The van der Waals surface area contributed by atoms with Crippen molar-refractivity contribution in [2.75, 3.05) is 5.43 Å². The Labute approximate surface area is 442 Å². The van der Waals surface area contributed by atoms with Crippen molar-refractivity contribution in [3.8, 4) is 0 Å². The number of carbonyl (C=O) groups excluding carboxylic acids is 1. The van der Waals surface area contributed by atoms with Gasteiger partial charge in [-0.3, -0.25) is 24.7 Å². The number of nitrogens with one attached hydrogen (secondary N) is 2. The van der Waals surface area contributed by atoms with Gasteiger partial charge in [0.05, 0.1) is 37.3 Å². The molecule has 62 heavy (non-hydrogen) atoms. The van der Waals surface area contributed by atoms with E-state index in [1.807, 2.05) is 10.4 Å². The average Bonchev–Trinajstić information content (AvgIpc) is 3.10. The van der Waals surface area contributed by atoms with E-state index in [0.717, 1.165) is 42.5 Å². The second-order valence-electron chi connectivity index (χ2n) is 11.5. The normalized spacial score (nSPS) is 14.1. The monoisotopic (exact) mass is 988 g/mol. The van der Waals surface area contributed by atoms with Crippen molar-refractivity contribution in [3.63, 3.8) is 0 Å². The zero-order valence-electron chi connectivity index (χ0n) is 31.7. The molecule has 0 unspecified atom stereocenters. The molecule has 0 saturated carbocycles. The first-order valence-corrected chi connectivity index (χ1v) is 21.1. The summed E-state index contributed by atoms with van der Waals surface area (Å²) in [5.74, 6) is -4.29. The fourth-order valence-corrected chi connectivity index (χ4v) is 8.30. The molecular formula is C31H15ClF2N6Na4O14S4. The summed E-state index contributed by atoms with van der Waals surface area (Å²) in [6.45, 7) is 0. The average molecular weight is 989 g/mol. The Morgan fingerprint density at radius 3 is 2.06 bits per heavy atom. The minimum absolute atomic E-state index is 0. The standard InChI is InChI=1S/C31H19ClF2N6O14S4.4Na/c32-24-28(33)37-31(34)38-29(24)35-15-4-1-3-13(9-15)30(42)36-20-12-16(55(43,44)45)10-14-11-22(57(49,50)51)25(26(41)23(14)20)40-39-19-8-7-17-18(27(19)58(52,53)54)5-2-6-21(17)56(46,47)48;;;;/h1-12,39H,(H,36,42)(H,35,37,38)(H,43,44,45)(H,46,47,48)(H,49,50,51)(H,52,53,54);;;;/q;4*+1/p-4/b40-25+;;;;. The van der Waals surface area contributed by atoms with Crippen molar-refractivity contribution >= 4 is 103 Å². The van der Waals surface area contributed by atoms with Gasteiger partial charge in [0.15, 0.2) is 5.49 Å². The number of aliphatic imine (C=N–C) groups is 1. The maximum atomic E-state index is 14.0. The first-order chi connectivity index (χ1) is 26.8. The summed E-state index contributed by atoms with van der Waals surface area (Å²) < 4.78 is 172. The van der Waals surface area contributed by atoms with Crippen LogP contribution in [0.1, 0.15) is 21.5 Å². The van der Waals surface area contributed by atoms with Crippen LogP contribution in [0.2, 0.25) is 5.02 Å². The van der Waals surface area contributed by atoms with Gasteiger partial charge in [-0.2, -0.15) is 27.3 Å². The van der Waals surface area contributed by atoms with Crippen LogP contribution in [-0.2, 0) is 40.5 Å². The zero-order chi connectivity index (χ0) is 42.7. The van der Waals surface area contributed by atoms with Gasteiger partial charge >= 0.3 is 118 Å². The van der Waals surface area contributed by atoms with Crippen LogP contribution in [-0.4, -0.2) is 79.2 Å². The van der Waals surface area contributed by atoms with E-state index in [4.69, 9.17) is 11.6 Å². The van der Waals surface area contributed by atoms with E-state index in [9.17, 15) is 70.6 Å². The van der Waals surface area contributed by atoms with Crippen molar-refractivity contribution in [3.05, 3.63) is 111 Å². The molecule has 20 nitrogen and oxygen atoms in total. The van der Waals surface area contributed by atoms with Crippen LogP contribution in [0.15, 0.2) is 101 Å². The van der Waals surface area contributed by atoms with E-state index in [1.54, 1.807) is 0 Å². The van der Waals surface area contributed by atoms with Gasteiger partial charge < -0.3 is 18.8 Å². The van der Waals surface area contributed by atoms with E-state index < -0.39 is 133 Å². The van der Waals surface area contributed by atoms with E-state index in [-0.39, 0.29) is 129 Å². The second-order valence-corrected chi connectivity index (χ2v) is 17.3. The number of aromatic amines is 1. The predicted octanol–water partition coefficient (Wildman–Crippen LogP) is -10.2. The number of nitrogens with zero attached hydrogens (tertiary/aromatic N) is 4. The summed E-state index contributed by atoms with van der Waals surface area (Å²) in [6, 6.07) is 9.95. The number of benzene rings is 4. The Morgan fingerprint density at radius 2 is 1.47 bits per heavy atom. The quantitative estimate of drug-likeness (QED) is 0.0235. The van der Waals surface area contributed by atoms with Crippen molar-refractivity contribution in [2.45, 2.75) is 14.7 Å². The third kappa shape index (κ3) is 12.3. The number of halogens is 3. The first kappa shape index (κ1) is 56.3. The smallest absolute Gasteiger partial charge is 0.858 e.